The van der Waals surface area contributed by atoms with E-state index >= 15 is 0 Å². The van der Waals surface area contributed by atoms with E-state index < -0.39 is 0 Å². The molecule has 0 aliphatic carbocycles. The van der Waals surface area contributed by atoms with E-state index in [1.54, 1.807) is 11.3 Å². The van der Waals surface area contributed by atoms with Gasteiger partial charge in [0.25, 0.3) is 0 Å². The van der Waals surface area contributed by atoms with Gasteiger partial charge >= 0.3 is 0 Å². The van der Waals surface area contributed by atoms with Gasteiger partial charge in [0.2, 0.25) is 5.95 Å². The van der Waals surface area contributed by atoms with Crippen LogP contribution >= 0.6 is 11.3 Å². The number of thiophene rings is 1. The third-order valence-electron chi connectivity index (χ3n) is 8.91. The van der Waals surface area contributed by atoms with E-state index in [9.17, 15) is 0 Å². The molecule has 1 aromatic carbocycles. The maximum Gasteiger partial charge on any atom is 0.228 e. The number of hydrogen-bond acceptors (Lipinski definition) is 8. The van der Waals surface area contributed by atoms with Crippen molar-refractivity contribution in [1.29, 1.82) is 0 Å². The summed E-state index contributed by atoms with van der Waals surface area (Å²) < 4.78 is 0. The Balaban J connectivity index is 1.24. The molecule has 0 N–H and O–H groups in total. The summed E-state index contributed by atoms with van der Waals surface area (Å²) in [6.07, 6.45) is 5.15. The third-order valence-corrected chi connectivity index (χ3v) is 9.79. The number of likely N-dealkylation sites (N-methyl/N-ethyl adjacent to an activating group) is 2. The van der Waals surface area contributed by atoms with Crippen molar-refractivity contribution in [1.82, 2.24) is 24.7 Å². The highest BCUT2D eigenvalue weighted by atomic mass is 32.1. The van der Waals surface area contributed by atoms with E-state index in [-0.39, 0.29) is 0 Å². The molecule has 7 nitrogen and oxygen atoms in total. The average Bonchev–Trinajstić information content (AvgIpc) is 3.38. The van der Waals surface area contributed by atoms with Crippen LogP contribution in [0.3, 0.4) is 0 Å². The minimum Gasteiger partial charge on any atom is -0.356 e. The van der Waals surface area contributed by atoms with Crippen molar-refractivity contribution in [3.05, 3.63) is 35.7 Å². The molecule has 38 heavy (non-hydrogen) atoms. The lowest BCUT2D eigenvalue weighted by molar-refractivity contribution is 0.113. The highest BCUT2D eigenvalue weighted by molar-refractivity contribution is 7.17. The molecule has 1 atom stereocenters. The van der Waals surface area contributed by atoms with Gasteiger partial charge in [-0.1, -0.05) is 30.3 Å². The number of fused-ring (bicyclic) bond motifs is 1. The van der Waals surface area contributed by atoms with E-state index in [4.69, 9.17) is 9.97 Å². The summed E-state index contributed by atoms with van der Waals surface area (Å²) in [5.74, 6) is 2.83. The first-order valence-corrected chi connectivity index (χ1v) is 15.3. The van der Waals surface area contributed by atoms with Gasteiger partial charge in [-0.15, -0.1) is 11.3 Å². The second-order valence-electron chi connectivity index (χ2n) is 11.8. The summed E-state index contributed by atoms with van der Waals surface area (Å²) in [4.78, 5) is 24.0. The summed E-state index contributed by atoms with van der Waals surface area (Å²) in [7, 11) is 6.67. The van der Waals surface area contributed by atoms with Gasteiger partial charge in [-0.05, 0) is 64.9 Å². The number of aromatic nitrogens is 2. The zero-order chi connectivity index (χ0) is 26.1. The smallest absolute Gasteiger partial charge is 0.228 e. The van der Waals surface area contributed by atoms with Crippen LogP contribution in [0.25, 0.3) is 21.3 Å². The number of likely N-dealkylation sites (tertiary alicyclic amines) is 1. The molecule has 0 saturated carbocycles. The molecule has 3 saturated heterocycles. The molecule has 2 aromatic heterocycles. The summed E-state index contributed by atoms with van der Waals surface area (Å²) in [5.41, 5.74) is 2.53. The topological polar surface area (TPSA) is 42.0 Å². The Labute approximate surface area is 232 Å². The minimum absolute atomic E-state index is 0.709. The molecule has 6 rings (SSSR count). The zero-order valence-corrected chi connectivity index (χ0v) is 24.2. The number of piperidine rings is 2. The largest absolute Gasteiger partial charge is 0.356 e. The Morgan fingerprint density at radius 2 is 1.66 bits per heavy atom. The second kappa shape index (κ2) is 11.5. The minimum atomic E-state index is 0.709. The summed E-state index contributed by atoms with van der Waals surface area (Å²) >= 11 is 1.77. The summed E-state index contributed by atoms with van der Waals surface area (Å²) in [6.45, 7) is 10.00. The van der Waals surface area contributed by atoms with Crippen LogP contribution in [-0.2, 0) is 0 Å². The zero-order valence-electron chi connectivity index (χ0n) is 23.3. The Morgan fingerprint density at radius 1 is 0.895 bits per heavy atom. The Bertz CT molecular complexity index is 1200. The Kier molecular flexibility index (Phi) is 7.84. The lowest BCUT2D eigenvalue weighted by atomic mass is 9.94. The summed E-state index contributed by atoms with van der Waals surface area (Å²) in [6, 6.07) is 11.5. The average molecular weight is 534 g/mol. The third kappa shape index (κ3) is 5.55. The predicted octanol–water partition coefficient (Wildman–Crippen LogP) is 4.35. The fourth-order valence-electron chi connectivity index (χ4n) is 6.43. The van der Waals surface area contributed by atoms with Crippen LogP contribution in [0.15, 0.2) is 35.7 Å². The lowest BCUT2D eigenvalue weighted by Gasteiger charge is -2.40. The first-order chi connectivity index (χ1) is 18.5. The normalized spacial score (nSPS) is 22.6. The van der Waals surface area contributed by atoms with Crippen molar-refractivity contribution in [3.63, 3.8) is 0 Å². The van der Waals surface area contributed by atoms with Gasteiger partial charge < -0.3 is 24.5 Å². The van der Waals surface area contributed by atoms with Crippen LogP contribution in [-0.4, -0.2) is 111 Å². The Hall–Kier alpha value is -2.26. The van der Waals surface area contributed by atoms with Crippen molar-refractivity contribution >= 4 is 33.3 Å². The number of rotatable bonds is 6. The van der Waals surface area contributed by atoms with Crippen molar-refractivity contribution < 1.29 is 0 Å². The van der Waals surface area contributed by atoms with Gasteiger partial charge in [0.15, 0.2) is 0 Å². The predicted molar refractivity (Wildman–Crippen MR) is 161 cm³/mol. The van der Waals surface area contributed by atoms with Gasteiger partial charge in [-0.25, -0.2) is 4.98 Å². The fourth-order valence-corrected chi connectivity index (χ4v) is 7.37. The maximum atomic E-state index is 5.31. The monoisotopic (exact) mass is 533 g/mol. The van der Waals surface area contributed by atoms with Crippen molar-refractivity contribution in [2.24, 2.45) is 5.92 Å². The molecular formula is C30H43N7S. The molecular weight excluding hydrogens is 490 g/mol. The molecule has 0 bridgehead atoms. The number of benzene rings is 1. The maximum absolute atomic E-state index is 5.31. The quantitative estimate of drug-likeness (QED) is 0.467. The van der Waals surface area contributed by atoms with Gasteiger partial charge in [0, 0.05) is 69.3 Å². The molecule has 3 aliphatic rings. The van der Waals surface area contributed by atoms with Crippen LogP contribution < -0.4 is 9.80 Å². The molecule has 204 valence electrons. The molecule has 5 heterocycles. The number of piperazine rings is 1. The fraction of sp³-hybridized carbons (Fsp3) is 0.600. The van der Waals surface area contributed by atoms with Gasteiger partial charge in [0.05, 0.1) is 5.39 Å². The van der Waals surface area contributed by atoms with Crippen LogP contribution in [0.4, 0.5) is 11.8 Å². The Morgan fingerprint density at radius 3 is 2.39 bits per heavy atom. The van der Waals surface area contributed by atoms with E-state index in [0.717, 1.165) is 61.8 Å². The van der Waals surface area contributed by atoms with Crippen LogP contribution in [0.5, 0.6) is 0 Å². The van der Waals surface area contributed by atoms with Crippen LogP contribution in [0.2, 0.25) is 0 Å². The molecule has 3 fully saturated rings. The summed E-state index contributed by atoms with van der Waals surface area (Å²) in [5, 5.41) is 3.53. The molecule has 3 aromatic rings. The second-order valence-corrected chi connectivity index (χ2v) is 12.6. The molecule has 0 spiro atoms. The molecule has 8 heteroatoms. The molecule has 1 unspecified atom stereocenters. The van der Waals surface area contributed by atoms with E-state index in [0.29, 0.717) is 6.04 Å². The number of hydrogen-bond donors (Lipinski definition) is 0. The van der Waals surface area contributed by atoms with E-state index in [2.05, 4.69) is 81.4 Å². The lowest BCUT2D eigenvalue weighted by Crippen LogP contribution is -2.48. The van der Waals surface area contributed by atoms with Gasteiger partial charge in [0.1, 0.15) is 10.6 Å². The number of nitrogens with zero attached hydrogens (tertiary/aromatic N) is 7. The van der Waals surface area contributed by atoms with Crippen molar-refractivity contribution in [3.8, 4) is 11.1 Å². The standard InChI is InChI=1S/C30H43N7S/c1-33(2)25-10-7-13-35(21-25)20-23-11-14-36(15-12-23)28-27-26(24-8-5-4-6-9-24)22-38-29(27)32-30(31-28)37-18-16-34(3)17-19-37/h4-6,8-9,22-23,25H,7,10-21H2,1-3H3. The highest BCUT2D eigenvalue weighted by Gasteiger charge is 2.29. The van der Waals surface area contributed by atoms with Crippen LogP contribution in [0.1, 0.15) is 25.7 Å². The van der Waals surface area contributed by atoms with Gasteiger partial charge in [-0.2, -0.15) is 4.98 Å². The van der Waals surface area contributed by atoms with E-state index in [1.165, 1.54) is 61.8 Å². The SMILES string of the molecule is CN1CCN(c2nc(N3CCC(CN4CCCC(N(C)C)C4)CC3)c3c(-c4ccccc4)csc3n2)CC1. The van der Waals surface area contributed by atoms with Crippen molar-refractivity contribution in [2.75, 3.05) is 89.8 Å². The molecule has 3 aliphatic heterocycles. The number of anilines is 2. The van der Waals surface area contributed by atoms with Crippen molar-refractivity contribution in [2.45, 2.75) is 31.7 Å². The highest BCUT2D eigenvalue weighted by Crippen LogP contribution is 2.40. The first kappa shape index (κ1) is 26.0. The van der Waals surface area contributed by atoms with Crippen LogP contribution in [0, 0.1) is 5.92 Å². The van der Waals surface area contributed by atoms with Gasteiger partial charge in [-0.3, -0.25) is 0 Å². The molecule has 0 amide bonds. The van der Waals surface area contributed by atoms with E-state index in [1.807, 2.05) is 0 Å². The first-order valence-electron chi connectivity index (χ1n) is 14.5. The molecule has 0 radical (unpaired) electrons.